The third kappa shape index (κ3) is 3.63. The zero-order valence-electron chi connectivity index (χ0n) is 12.3. The summed E-state index contributed by atoms with van der Waals surface area (Å²) in [7, 11) is 1.91. The summed E-state index contributed by atoms with van der Waals surface area (Å²) in [4.78, 5) is 30.5. The molecule has 1 fully saturated rings. The maximum absolute atomic E-state index is 12.3. The van der Waals surface area contributed by atoms with Gasteiger partial charge in [-0.1, -0.05) is 18.3 Å². The molecule has 1 aliphatic heterocycles. The first-order valence-electron chi connectivity index (χ1n) is 7.09. The van der Waals surface area contributed by atoms with Crippen LogP contribution in [-0.4, -0.2) is 43.0 Å². The maximum Gasteiger partial charge on any atom is 0.265 e. The van der Waals surface area contributed by atoms with Gasteiger partial charge in [-0.2, -0.15) is 0 Å². The molecule has 116 valence electrons. The number of nitrogen functional groups attached to an aromatic ring is 1. The van der Waals surface area contributed by atoms with Crippen LogP contribution in [0.4, 0.5) is 10.9 Å². The summed E-state index contributed by atoms with van der Waals surface area (Å²) < 4.78 is 0. The van der Waals surface area contributed by atoms with E-state index in [0.29, 0.717) is 23.0 Å². The molecule has 1 aromatic heterocycles. The third-order valence-electron chi connectivity index (χ3n) is 3.32. The van der Waals surface area contributed by atoms with Crippen molar-refractivity contribution >= 4 is 34.1 Å². The van der Waals surface area contributed by atoms with Crippen LogP contribution in [0.1, 0.15) is 35.9 Å². The number of nitrogens with one attached hydrogen (secondary N) is 2. The van der Waals surface area contributed by atoms with Gasteiger partial charge in [0.05, 0.1) is 0 Å². The summed E-state index contributed by atoms with van der Waals surface area (Å²) in [6.45, 7) is 3.58. The highest BCUT2D eigenvalue weighted by Gasteiger charge is 2.26. The Hall–Kier alpha value is -1.83. The van der Waals surface area contributed by atoms with Crippen LogP contribution in [0.5, 0.6) is 0 Å². The predicted octanol–water partition coefficient (Wildman–Crippen LogP) is 0.580. The van der Waals surface area contributed by atoms with E-state index in [1.165, 1.54) is 11.3 Å². The topological polar surface area (TPSA) is 100 Å². The first-order chi connectivity index (χ1) is 10.0. The van der Waals surface area contributed by atoms with Crippen LogP contribution in [-0.2, 0) is 4.79 Å². The molecule has 0 radical (unpaired) electrons. The van der Waals surface area contributed by atoms with Gasteiger partial charge in [0.15, 0.2) is 5.13 Å². The lowest BCUT2D eigenvalue weighted by Gasteiger charge is -2.22. The van der Waals surface area contributed by atoms with Gasteiger partial charge in [0.1, 0.15) is 16.7 Å². The zero-order valence-corrected chi connectivity index (χ0v) is 13.1. The highest BCUT2D eigenvalue weighted by molar-refractivity contribution is 7.18. The summed E-state index contributed by atoms with van der Waals surface area (Å²) in [5.74, 6) is -0.254. The lowest BCUT2D eigenvalue weighted by atomic mass is 10.1. The van der Waals surface area contributed by atoms with E-state index < -0.39 is 6.04 Å². The van der Waals surface area contributed by atoms with Gasteiger partial charge in [0.2, 0.25) is 5.91 Å². The number of anilines is 2. The van der Waals surface area contributed by atoms with Gasteiger partial charge in [-0.3, -0.25) is 9.59 Å². The number of nitrogens with two attached hydrogens (primary N) is 1. The normalized spacial score (nSPS) is 18.2. The number of carbonyl (C=O) groups excluding carboxylic acids is 2. The summed E-state index contributed by atoms with van der Waals surface area (Å²) in [6.07, 6.45) is 2.50. The molecular formula is C13H21N5O2S. The minimum Gasteiger partial charge on any atom is -0.382 e. The lowest BCUT2D eigenvalue weighted by molar-refractivity contribution is -0.124. The maximum atomic E-state index is 12.3. The van der Waals surface area contributed by atoms with Crippen molar-refractivity contribution in [2.24, 2.45) is 0 Å². The fourth-order valence-corrected chi connectivity index (χ4v) is 3.09. The molecule has 0 aromatic carbocycles. The van der Waals surface area contributed by atoms with E-state index in [9.17, 15) is 9.59 Å². The van der Waals surface area contributed by atoms with Crippen molar-refractivity contribution in [3.05, 3.63) is 4.88 Å². The number of rotatable bonds is 5. The van der Waals surface area contributed by atoms with Gasteiger partial charge in [0.25, 0.3) is 5.91 Å². The second-order valence-electron chi connectivity index (χ2n) is 5.09. The smallest absolute Gasteiger partial charge is 0.265 e. The molecule has 8 heteroatoms. The monoisotopic (exact) mass is 311 g/mol. The van der Waals surface area contributed by atoms with Crippen LogP contribution < -0.4 is 21.3 Å². The van der Waals surface area contributed by atoms with Crippen LogP contribution in [0.25, 0.3) is 0 Å². The molecule has 0 spiro atoms. The quantitative estimate of drug-likeness (QED) is 0.738. The lowest BCUT2D eigenvalue weighted by Crippen LogP contribution is -2.50. The number of aromatic nitrogens is 1. The van der Waals surface area contributed by atoms with E-state index >= 15 is 0 Å². The van der Waals surface area contributed by atoms with Gasteiger partial charge in [-0.15, -0.1) is 0 Å². The molecule has 2 rings (SSSR count). The second kappa shape index (κ2) is 6.75. The van der Waals surface area contributed by atoms with Crippen LogP contribution in [0.15, 0.2) is 0 Å². The number of amides is 2. The predicted molar refractivity (Wildman–Crippen MR) is 83.6 cm³/mol. The van der Waals surface area contributed by atoms with Crippen molar-refractivity contribution in [2.45, 2.75) is 32.2 Å². The van der Waals surface area contributed by atoms with E-state index in [0.717, 1.165) is 19.4 Å². The molecule has 2 amide bonds. The van der Waals surface area contributed by atoms with Crippen molar-refractivity contribution in [1.29, 1.82) is 0 Å². The SMILES string of the molecule is CCCN(C)c1nc(N)c(C(=O)NC2CCCNC2=O)s1. The Bertz CT molecular complexity index is 531. The molecule has 2 heterocycles. The van der Waals surface area contributed by atoms with Crippen LogP contribution in [0.2, 0.25) is 0 Å². The van der Waals surface area contributed by atoms with Crippen LogP contribution >= 0.6 is 11.3 Å². The fourth-order valence-electron chi connectivity index (χ4n) is 2.21. The van der Waals surface area contributed by atoms with Crippen molar-refractivity contribution in [2.75, 3.05) is 30.8 Å². The molecule has 0 bridgehead atoms. The first-order valence-corrected chi connectivity index (χ1v) is 7.90. The summed E-state index contributed by atoms with van der Waals surface area (Å²) in [5.41, 5.74) is 5.83. The van der Waals surface area contributed by atoms with E-state index in [2.05, 4.69) is 22.5 Å². The summed E-state index contributed by atoms with van der Waals surface area (Å²) in [6, 6.07) is -0.482. The van der Waals surface area contributed by atoms with E-state index in [1.54, 1.807) is 0 Å². The largest absolute Gasteiger partial charge is 0.382 e. The molecule has 0 saturated carbocycles. The van der Waals surface area contributed by atoms with Crippen molar-refractivity contribution in [3.63, 3.8) is 0 Å². The molecule has 1 saturated heterocycles. The third-order valence-corrected chi connectivity index (χ3v) is 4.51. The molecule has 7 nitrogen and oxygen atoms in total. The summed E-state index contributed by atoms with van der Waals surface area (Å²) in [5, 5.41) is 6.18. The number of nitrogens with zero attached hydrogens (tertiary/aromatic N) is 2. The van der Waals surface area contributed by atoms with Crippen molar-refractivity contribution in [1.82, 2.24) is 15.6 Å². The average Bonchev–Trinajstić information content (AvgIpc) is 2.84. The number of hydrogen-bond acceptors (Lipinski definition) is 6. The first kappa shape index (κ1) is 15.6. The highest BCUT2D eigenvalue weighted by Crippen LogP contribution is 2.27. The summed E-state index contributed by atoms with van der Waals surface area (Å²) >= 11 is 1.25. The number of piperidine rings is 1. The van der Waals surface area contributed by atoms with E-state index in [1.807, 2.05) is 11.9 Å². The highest BCUT2D eigenvalue weighted by atomic mass is 32.1. The fraction of sp³-hybridized carbons (Fsp3) is 0.615. The van der Waals surface area contributed by atoms with Gasteiger partial charge < -0.3 is 21.3 Å². The van der Waals surface area contributed by atoms with Crippen LogP contribution in [0, 0.1) is 0 Å². The van der Waals surface area contributed by atoms with Gasteiger partial charge >= 0.3 is 0 Å². The number of hydrogen-bond donors (Lipinski definition) is 3. The molecule has 21 heavy (non-hydrogen) atoms. The molecule has 0 aliphatic carbocycles. The van der Waals surface area contributed by atoms with Crippen molar-refractivity contribution < 1.29 is 9.59 Å². The molecule has 1 unspecified atom stereocenters. The molecular weight excluding hydrogens is 290 g/mol. The zero-order chi connectivity index (χ0) is 15.4. The van der Waals surface area contributed by atoms with E-state index in [-0.39, 0.29) is 17.6 Å². The number of thiazole rings is 1. The Morgan fingerprint density at radius 3 is 3.05 bits per heavy atom. The Morgan fingerprint density at radius 1 is 1.62 bits per heavy atom. The Balaban J connectivity index is 2.06. The van der Waals surface area contributed by atoms with Gasteiger partial charge in [-0.25, -0.2) is 4.98 Å². The van der Waals surface area contributed by atoms with Gasteiger partial charge in [-0.05, 0) is 19.3 Å². The van der Waals surface area contributed by atoms with Crippen molar-refractivity contribution in [3.8, 4) is 0 Å². The Morgan fingerprint density at radius 2 is 2.38 bits per heavy atom. The van der Waals surface area contributed by atoms with E-state index in [4.69, 9.17) is 5.73 Å². The molecule has 1 aromatic rings. The number of carbonyl (C=O) groups is 2. The molecule has 1 aliphatic rings. The Labute approximate surface area is 127 Å². The van der Waals surface area contributed by atoms with Gasteiger partial charge in [0, 0.05) is 20.1 Å². The standard InChI is InChI=1S/C13H21N5O2S/c1-3-7-18(2)13-17-10(14)9(21-13)12(20)16-8-5-4-6-15-11(8)19/h8H,3-7,14H2,1-2H3,(H,15,19)(H,16,20). The Kier molecular flexibility index (Phi) is 5.00. The second-order valence-corrected chi connectivity index (χ2v) is 6.07. The molecule has 1 atom stereocenters. The molecule has 4 N–H and O–H groups in total. The van der Waals surface area contributed by atoms with Crippen LogP contribution in [0.3, 0.4) is 0 Å². The minimum absolute atomic E-state index is 0.138. The minimum atomic E-state index is -0.482. The average molecular weight is 311 g/mol.